The molecule has 0 amide bonds. The van der Waals surface area contributed by atoms with Crippen LogP contribution >= 0.6 is 0 Å². The number of nitrogens with zero attached hydrogens (tertiary/aromatic N) is 5. The molecular weight excluding hydrogens is 318 g/mol. The van der Waals surface area contributed by atoms with Gasteiger partial charge in [0.25, 0.3) is 5.56 Å². The minimum absolute atomic E-state index is 0.0800. The molecule has 10 nitrogen and oxygen atoms in total. The first kappa shape index (κ1) is 18.3. The smallest absolute Gasteiger partial charge is 0.332 e. The van der Waals surface area contributed by atoms with Crippen LogP contribution in [0.2, 0.25) is 0 Å². The van der Waals surface area contributed by atoms with E-state index in [4.69, 9.17) is 10.2 Å². The number of fused-ring (bicyclic) bond motifs is 1. The molecule has 134 valence electrons. The SMILES string of the molecule is Cn1c(=O)c2c(ncn2CC(O)CN(CCO)CCO)n(C)c1=O. The Kier molecular flexibility index (Phi) is 5.89. The van der Waals surface area contributed by atoms with Crippen LogP contribution in [-0.2, 0) is 20.6 Å². The normalized spacial score (nSPS) is 13.1. The summed E-state index contributed by atoms with van der Waals surface area (Å²) < 4.78 is 3.79. The van der Waals surface area contributed by atoms with E-state index in [-0.39, 0.29) is 37.5 Å². The van der Waals surface area contributed by atoms with Gasteiger partial charge in [-0.15, -0.1) is 0 Å². The third-order valence-electron chi connectivity index (χ3n) is 3.93. The number of hydrogen-bond donors (Lipinski definition) is 3. The van der Waals surface area contributed by atoms with Gasteiger partial charge in [-0.2, -0.15) is 0 Å². The highest BCUT2D eigenvalue weighted by molar-refractivity contribution is 5.69. The third-order valence-corrected chi connectivity index (χ3v) is 3.93. The third kappa shape index (κ3) is 3.56. The van der Waals surface area contributed by atoms with Crippen molar-refractivity contribution in [2.75, 3.05) is 32.8 Å². The van der Waals surface area contributed by atoms with Crippen molar-refractivity contribution in [3.63, 3.8) is 0 Å². The summed E-state index contributed by atoms with van der Waals surface area (Å²) in [5.74, 6) is 0. The van der Waals surface area contributed by atoms with E-state index >= 15 is 0 Å². The van der Waals surface area contributed by atoms with Crippen molar-refractivity contribution in [2.24, 2.45) is 14.1 Å². The second-order valence-corrected chi connectivity index (χ2v) is 5.68. The summed E-state index contributed by atoms with van der Waals surface area (Å²) in [4.78, 5) is 30.0. The molecule has 0 aliphatic rings. The number of hydrogen-bond acceptors (Lipinski definition) is 7. The predicted octanol–water partition coefficient (Wildman–Crippen LogP) is -2.92. The van der Waals surface area contributed by atoms with Gasteiger partial charge in [0.1, 0.15) is 0 Å². The zero-order valence-electron chi connectivity index (χ0n) is 13.8. The number of aromatic nitrogens is 4. The van der Waals surface area contributed by atoms with Crippen LogP contribution in [0.3, 0.4) is 0 Å². The zero-order valence-corrected chi connectivity index (χ0v) is 13.8. The van der Waals surface area contributed by atoms with E-state index in [9.17, 15) is 14.7 Å². The zero-order chi connectivity index (χ0) is 17.9. The Labute approximate surface area is 137 Å². The largest absolute Gasteiger partial charge is 0.395 e. The molecule has 0 radical (unpaired) electrons. The molecule has 2 aromatic heterocycles. The number of aryl methyl sites for hydroxylation is 1. The quantitative estimate of drug-likeness (QED) is 0.470. The molecule has 0 aliphatic carbocycles. The van der Waals surface area contributed by atoms with Gasteiger partial charge in [0.2, 0.25) is 0 Å². The maximum Gasteiger partial charge on any atom is 0.332 e. The lowest BCUT2D eigenvalue weighted by Gasteiger charge is -2.23. The van der Waals surface area contributed by atoms with Crippen molar-refractivity contribution in [2.45, 2.75) is 12.6 Å². The van der Waals surface area contributed by atoms with Crippen LogP contribution in [0.25, 0.3) is 11.2 Å². The van der Waals surface area contributed by atoms with Crippen molar-refractivity contribution < 1.29 is 15.3 Å². The van der Waals surface area contributed by atoms with E-state index in [1.165, 1.54) is 29.6 Å². The van der Waals surface area contributed by atoms with Gasteiger partial charge in [-0.1, -0.05) is 0 Å². The highest BCUT2D eigenvalue weighted by atomic mass is 16.3. The van der Waals surface area contributed by atoms with Crippen LogP contribution in [-0.4, -0.2) is 77.9 Å². The molecule has 2 aromatic rings. The summed E-state index contributed by atoms with van der Waals surface area (Å²) in [5, 5.41) is 28.3. The maximum atomic E-state index is 12.3. The van der Waals surface area contributed by atoms with E-state index in [0.717, 1.165) is 4.57 Å². The first-order valence-electron chi connectivity index (χ1n) is 7.63. The minimum Gasteiger partial charge on any atom is -0.395 e. The Balaban J connectivity index is 2.27. The molecule has 0 fully saturated rings. The highest BCUT2D eigenvalue weighted by Crippen LogP contribution is 2.07. The summed E-state index contributed by atoms with van der Waals surface area (Å²) >= 11 is 0. The molecule has 1 atom stereocenters. The van der Waals surface area contributed by atoms with E-state index in [0.29, 0.717) is 13.1 Å². The van der Waals surface area contributed by atoms with Gasteiger partial charge in [0, 0.05) is 33.7 Å². The average molecular weight is 341 g/mol. The van der Waals surface area contributed by atoms with Gasteiger partial charge in [-0.05, 0) is 0 Å². The number of aliphatic hydroxyl groups is 3. The molecule has 10 heteroatoms. The molecule has 1 unspecified atom stereocenters. The summed E-state index contributed by atoms with van der Waals surface area (Å²) in [5.41, 5.74) is -0.428. The standard InChI is InChI=1S/C14H23N5O5/c1-16-12-11(13(23)17(2)14(16)24)19(9-15-12)8-10(22)7-18(3-5-20)4-6-21/h9-10,20-22H,3-8H2,1-2H3. The number of aliphatic hydroxyl groups excluding tert-OH is 3. The fourth-order valence-electron chi connectivity index (χ4n) is 2.70. The summed E-state index contributed by atoms with van der Waals surface area (Å²) in [6.45, 7) is 0.841. The topological polar surface area (TPSA) is 126 Å². The minimum atomic E-state index is -0.831. The maximum absolute atomic E-state index is 12.3. The molecule has 0 saturated carbocycles. The van der Waals surface area contributed by atoms with Gasteiger partial charge in [-0.3, -0.25) is 18.8 Å². The van der Waals surface area contributed by atoms with Gasteiger partial charge in [0.05, 0.1) is 32.2 Å². The van der Waals surface area contributed by atoms with E-state index in [2.05, 4.69) is 4.98 Å². The molecule has 0 bridgehead atoms. The Morgan fingerprint density at radius 2 is 1.79 bits per heavy atom. The molecule has 24 heavy (non-hydrogen) atoms. The van der Waals surface area contributed by atoms with Crippen molar-refractivity contribution in [3.05, 3.63) is 27.2 Å². The second-order valence-electron chi connectivity index (χ2n) is 5.68. The Morgan fingerprint density at radius 3 is 2.38 bits per heavy atom. The molecule has 0 saturated heterocycles. The van der Waals surface area contributed by atoms with Crippen molar-refractivity contribution >= 4 is 11.2 Å². The van der Waals surface area contributed by atoms with Crippen LogP contribution in [0.1, 0.15) is 0 Å². The summed E-state index contributed by atoms with van der Waals surface area (Å²) in [7, 11) is 2.92. The van der Waals surface area contributed by atoms with Gasteiger partial charge >= 0.3 is 5.69 Å². The lowest BCUT2D eigenvalue weighted by atomic mass is 10.3. The van der Waals surface area contributed by atoms with Crippen LogP contribution in [0.4, 0.5) is 0 Å². The average Bonchev–Trinajstić information content (AvgIpc) is 2.95. The van der Waals surface area contributed by atoms with Crippen molar-refractivity contribution in [3.8, 4) is 0 Å². The summed E-state index contributed by atoms with van der Waals surface area (Å²) in [6.07, 6.45) is 0.583. The van der Waals surface area contributed by atoms with Crippen LogP contribution in [0.5, 0.6) is 0 Å². The monoisotopic (exact) mass is 341 g/mol. The molecule has 2 heterocycles. The van der Waals surface area contributed by atoms with E-state index in [1.807, 2.05) is 0 Å². The first-order chi connectivity index (χ1) is 11.4. The van der Waals surface area contributed by atoms with Gasteiger partial charge in [-0.25, -0.2) is 9.78 Å². The Morgan fingerprint density at radius 1 is 1.17 bits per heavy atom. The van der Waals surface area contributed by atoms with E-state index in [1.54, 1.807) is 4.90 Å². The fourth-order valence-corrected chi connectivity index (χ4v) is 2.70. The van der Waals surface area contributed by atoms with E-state index < -0.39 is 17.4 Å². The Bertz CT molecular complexity index is 802. The molecule has 0 spiro atoms. The lowest BCUT2D eigenvalue weighted by molar-refractivity contribution is 0.0779. The lowest BCUT2D eigenvalue weighted by Crippen LogP contribution is -2.39. The molecular formula is C14H23N5O5. The fraction of sp³-hybridized carbons (Fsp3) is 0.643. The molecule has 3 N–H and O–H groups in total. The van der Waals surface area contributed by atoms with Crippen LogP contribution in [0.15, 0.2) is 15.9 Å². The summed E-state index contributed by atoms with van der Waals surface area (Å²) in [6, 6.07) is 0. The van der Waals surface area contributed by atoms with Crippen LogP contribution in [0, 0.1) is 0 Å². The highest BCUT2D eigenvalue weighted by Gasteiger charge is 2.17. The van der Waals surface area contributed by atoms with Crippen LogP contribution < -0.4 is 11.2 Å². The molecule has 0 aliphatic heterocycles. The number of rotatable bonds is 8. The van der Waals surface area contributed by atoms with Gasteiger partial charge < -0.3 is 19.9 Å². The second kappa shape index (κ2) is 7.71. The van der Waals surface area contributed by atoms with Gasteiger partial charge in [0.15, 0.2) is 11.2 Å². The predicted molar refractivity (Wildman–Crippen MR) is 86.8 cm³/mol. The van der Waals surface area contributed by atoms with Crippen molar-refractivity contribution in [1.82, 2.24) is 23.6 Å². The first-order valence-corrected chi connectivity index (χ1v) is 7.63. The molecule has 2 rings (SSSR count). The number of imidazole rings is 1. The Hall–Kier alpha value is -2.01. The van der Waals surface area contributed by atoms with Crippen molar-refractivity contribution in [1.29, 1.82) is 0 Å². The molecule has 0 aromatic carbocycles.